The fourth-order valence-electron chi connectivity index (χ4n) is 1.72. The lowest BCUT2D eigenvalue weighted by Gasteiger charge is -2.07. The zero-order valence-corrected chi connectivity index (χ0v) is 16.9. The Kier molecular flexibility index (Phi) is 13.3. The molecule has 15 nitrogen and oxygen atoms in total. The van der Waals surface area contributed by atoms with Gasteiger partial charge in [-0.15, -0.1) is 10.2 Å². The summed E-state index contributed by atoms with van der Waals surface area (Å²) in [5, 5.41) is 9.79. The number of nitrogens with zero attached hydrogens (tertiary/aromatic N) is 6. The third-order valence-electron chi connectivity index (χ3n) is 3.08. The van der Waals surface area contributed by atoms with E-state index in [0.717, 1.165) is 12.8 Å². The van der Waals surface area contributed by atoms with Crippen molar-refractivity contribution < 1.29 is 0 Å². The molecule has 0 radical (unpaired) electrons. The summed E-state index contributed by atoms with van der Waals surface area (Å²) in [6, 6.07) is 0. The summed E-state index contributed by atoms with van der Waals surface area (Å²) in [4.78, 5) is 15.1. The molecule has 0 amide bonds. The molecule has 0 aromatic heterocycles. The third-order valence-corrected chi connectivity index (χ3v) is 3.08. The van der Waals surface area contributed by atoms with Gasteiger partial charge in [0.2, 0.25) is 29.8 Å². The average molecular weight is 412 g/mol. The van der Waals surface area contributed by atoms with Gasteiger partial charge < -0.3 is 34.4 Å². The van der Waals surface area contributed by atoms with Gasteiger partial charge in [-0.2, -0.15) is 9.98 Å². The van der Waals surface area contributed by atoms with Crippen LogP contribution in [0, 0.1) is 0 Å². The van der Waals surface area contributed by atoms with Gasteiger partial charge in [-0.1, -0.05) is 32.6 Å². The zero-order valence-electron chi connectivity index (χ0n) is 16.9. The van der Waals surface area contributed by atoms with E-state index in [0.29, 0.717) is 6.54 Å². The van der Waals surface area contributed by atoms with Crippen molar-refractivity contribution in [3.8, 4) is 0 Å². The number of hydrogen-bond acceptors (Lipinski definition) is 4. The summed E-state index contributed by atoms with van der Waals surface area (Å²) in [5.74, 6) is -0.529. The summed E-state index contributed by atoms with van der Waals surface area (Å²) < 4.78 is 0. The molecule has 0 saturated carbocycles. The second-order valence-corrected chi connectivity index (χ2v) is 5.58. The van der Waals surface area contributed by atoms with E-state index in [4.69, 9.17) is 34.4 Å². The van der Waals surface area contributed by atoms with Gasteiger partial charge in [0.25, 0.3) is 0 Å². The molecule has 0 atom stereocenters. The Balaban J connectivity index is 4.48. The van der Waals surface area contributed by atoms with Crippen LogP contribution in [0.2, 0.25) is 0 Å². The van der Waals surface area contributed by atoms with Gasteiger partial charge in [0.1, 0.15) is 0 Å². The minimum absolute atomic E-state index is 0.0231. The van der Waals surface area contributed by atoms with Crippen LogP contribution in [0.4, 0.5) is 0 Å². The maximum Gasteiger partial charge on any atom is 0.243 e. The summed E-state index contributed by atoms with van der Waals surface area (Å²) in [6.07, 6.45) is 5.66. The van der Waals surface area contributed by atoms with Crippen molar-refractivity contribution in [1.29, 1.82) is 0 Å². The number of hydrazine groups is 1. The standard InChI is InChI=1S/C14H33N15/c1-3-4-5-6-7-8-22-10(16)24-12(18)27-29-14(20)25-13(19)28-26-11(17)23-9(15)21-2/h3-8H2,1-2H3,(H5,15,17,21,23,26)(H5,16,18,22,24,27)(H5,19,20,25,28,29). The molecule has 0 aliphatic heterocycles. The van der Waals surface area contributed by atoms with Crippen LogP contribution in [-0.2, 0) is 0 Å². The molecule has 0 rings (SSSR count). The number of guanidine groups is 6. The average Bonchev–Trinajstić information content (AvgIpc) is 2.67. The predicted molar refractivity (Wildman–Crippen MR) is 119 cm³/mol. The number of unbranched alkanes of at least 4 members (excludes halogenated alkanes) is 4. The second-order valence-electron chi connectivity index (χ2n) is 5.58. The van der Waals surface area contributed by atoms with Gasteiger partial charge in [0.05, 0.1) is 0 Å². The van der Waals surface area contributed by atoms with E-state index < -0.39 is 0 Å². The molecule has 0 bridgehead atoms. The normalized spacial score (nSPS) is 14.7. The fraction of sp³-hybridized carbons (Fsp3) is 0.571. The van der Waals surface area contributed by atoms with Gasteiger partial charge in [0.15, 0.2) is 5.96 Å². The molecular weight excluding hydrogens is 378 g/mol. The molecular formula is C14H33N15. The molecule has 0 heterocycles. The quantitative estimate of drug-likeness (QED) is 0.0896. The van der Waals surface area contributed by atoms with Crippen LogP contribution in [0.25, 0.3) is 0 Å². The van der Waals surface area contributed by atoms with Crippen molar-refractivity contribution in [3.05, 3.63) is 0 Å². The minimum Gasteiger partial charge on any atom is -0.370 e. The fourth-order valence-corrected chi connectivity index (χ4v) is 1.72. The number of aliphatic imine (C=N–C) groups is 4. The van der Waals surface area contributed by atoms with E-state index in [-0.39, 0.29) is 35.8 Å². The van der Waals surface area contributed by atoms with E-state index >= 15 is 0 Å². The van der Waals surface area contributed by atoms with Crippen LogP contribution >= 0.6 is 0 Å². The third kappa shape index (κ3) is 15.0. The van der Waals surface area contributed by atoms with Gasteiger partial charge >= 0.3 is 0 Å². The monoisotopic (exact) mass is 411 g/mol. The first-order valence-electron chi connectivity index (χ1n) is 8.94. The molecule has 15 heteroatoms. The van der Waals surface area contributed by atoms with Crippen molar-refractivity contribution in [2.75, 3.05) is 13.6 Å². The number of nitrogens with one attached hydrogen (secondary N) is 3. The summed E-state index contributed by atoms with van der Waals surface area (Å²) >= 11 is 0. The lowest BCUT2D eigenvalue weighted by molar-refractivity contribution is 0.638. The molecule has 15 N–H and O–H groups in total. The van der Waals surface area contributed by atoms with Gasteiger partial charge in [-0.3, -0.25) is 26.2 Å². The molecule has 0 aliphatic rings. The molecule has 164 valence electrons. The van der Waals surface area contributed by atoms with Crippen LogP contribution in [0.3, 0.4) is 0 Å². The minimum atomic E-state index is -0.280. The second kappa shape index (κ2) is 15.3. The van der Waals surface area contributed by atoms with Crippen molar-refractivity contribution in [2.45, 2.75) is 39.0 Å². The Morgan fingerprint density at radius 3 is 1.86 bits per heavy atom. The molecule has 0 spiro atoms. The van der Waals surface area contributed by atoms with Gasteiger partial charge in [-0.25, -0.2) is 0 Å². The Hall–Kier alpha value is -3.78. The SMILES string of the molecule is CCCCCCCN=C(N)NC(N)=NN=C(N)N=C(N)NNC(N)=NC(N)=NC. The van der Waals surface area contributed by atoms with E-state index in [2.05, 4.69) is 53.3 Å². The summed E-state index contributed by atoms with van der Waals surface area (Å²) in [5.41, 5.74) is 38.2. The van der Waals surface area contributed by atoms with Gasteiger partial charge in [0, 0.05) is 13.6 Å². The van der Waals surface area contributed by atoms with Crippen LogP contribution in [-0.4, -0.2) is 49.3 Å². The largest absolute Gasteiger partial charge is 0.370 e. The van der Waals surface area contributed by atoms with E-state index in [9.17, 15) is 0 Å². The molecule has 0 saturated heterocycles. The topological polar surface area (TPSA) is 266 Å². The Morgan fingerprint density at radius 1 is 0.690 bits per heavy atom. The van der Waals surface area contributed by atoms with Crippen molar-refractivity contribution in [3.63, 3.8) is 0 Å². The Bertz CT molecular complexity index is 658. The molecule has 0 unspecified atom stereocenters. The van der Waals surface area contributed by atoms with Crippen molar-refractivity contribution >= 4 is 35.8 Å². The lowest BCUT2D eigenvalue weighted by atomic mass is 10.2. The van der Waals surface area contributed by atoms with E-state index in [1.54, 1.807) is 0 Å². The van der Waals surface area contributed by atoms with Crippen LogP contribution in [0.15, 0.2) is 30.2 Å². The zero-order chi connectivity index (χ0) is 22.1. The van der Waals surface area contributed by atoms with Crippen LogP contribution < -0.4 is 50.6 Å². The first-order chi connectivity index (χ1) is 13.8. The molecule has 0 aromatic carbocycles. The summed E-state index contributed by atoms with van der Waals surface area (Å²) in [7, 11) is 1.46. The molecule has 0 aliphatic carbocycles. The van der Waals surface area contributed by atoms with Crippen LogP contribution in [0.1, 0.15) is 39.0 Å². The highest BCUT2D eigenvalue weighted by Gasteiger charge is 1.98. The smallest absolute Gasteiger partial charge is 0.243 e. The Labute approximate surface area is 169 Å². The highest BCUT2D eigenvalue weighted by molar-refractivity contribution is 5.98. The number of nitrogens with two attached hydrogens (primary N) is 6. The first-order valence-corrected chi connectivity index (χ1v) is 8.94. The van der Waals surface area contributed by atoms with Crippen molar-refractivity contribution in [1.82, 2.24) is 16.2 Å². The molecule has 29 heavy (non-hydrogen) atoms. The highest BCUT2D eigenvalue weighted by atomic mass is 15.5. The Morgan fingerprint density at radius 2 is 1.28 bits per heavy atom. The number of hydrogen-bond donors (Lipinski definition) is 9. The van der Waals surface area contributed by atoms with Crippen molar-refractivity contribution in [2.24, 2.45) is 64.6 Å². The summed E-state index contributed by atoms with van der Waals surface area (Å²) in [6.45, 7) is 2.76. The van der Waals surface area contributed by atoms with Gasteiger partial charge in [-0.05, 0) is 6.42 Å². The molecule has 0 fully saturated rings. The maximum atomic E-state index is 5.71. The number of rotatable bonds is 7. The molecule has 0 aromatic rings. The van der Waals surface area contributed by atoms with E-state index in [1.165, 1.54) is 26.3 Å². The maximum absolute atomic E-state index is 5.71. The lowest BCUT2D eigenvalue weighted by Crippen LogP contribution is -2.49. The predicted octanol–water partition coefficient (Wildman–Crippen LogP) is -2.93. The van der Waals surface area contributed by atoms with Crippen LogP contribution in [0.5, 0.6) is 0 Å². The first kappa shape index (κ1) is 25.2. The highest BCUT2D eigenvalue weighted by Crippen LogP contribution is 2.01. The van der Waals surface area contributed by atoms with E-state index in [1.807, 2.05) is 0 Å².